The number of para-hydroxylation sites is 1. The van der Waals surface area contributed by atoms with Gasteiger partial charge in [-0.05, 0) is 88.6 Å². The molecule has 2 N–H and O–H groups in total. The fraction of sp³-hybridized carbons (Fsp3) is 0.469. The molecule has 2 atom stereocenters. The highest BCUT2D eigenvalue weighted by Crippen LogP contribution is 2.35. The molecule has 39 heavy (non-hydrogen) atoms. The van der Waals surface area contributed by atoms with Crippen LogP contribution in [0.15, 0.2) is 48.5 Å². The number of ether oxygens (including phenoxy) is 1. The Morgan fingerprint density at radius 3 is 2.23 bits per heavy atom. The number of carbonyl (C=O) groups is 3. The molecule has 1 saturated carbocycles. The van der Waals surface area contributed by atoms with E-state index in [0.29, 0.717) is 23.2 Å². The Hall–Kier alpha value is -3.79. The van der Waals surface area contributed by atoms with E-state index in [1.54, 1.807) is 49.9 Å². The molecular weight excluding hydrogens is 490 g/mol. The topological polar surface area (TPSA) is 87.7 Å². The van der Waals surface area contributed by atoms with Crippen molar-refractivity contribution in [3.63, 3.8) is 0 Å². The van der Waals surface area contributed by atoms with E-state index in [0.717, 1.165) is 24.8 Å². The summed E-state index contributed by atoms with van der Waals surface area (Å²) in [5, 5.41) is 5.84. The number of anilines is 1. The normalized spacial score (nSPS) is 14.9. The van der Waals surface area contributed by atoms with Crippen LogP contribution >= 0.6 is 0 Å². The van der Waals surface area contributed by atoms with E-state index in [9.17, 15) is 14.4 Å². The third-order valence-corrected chi connectivity index (χ3v) is 6.74. The van der Waals surface area contributed by atoms with Gasteiger partial charge >= 0.3 is 6.09 Å². The number of hydrogen-bond acceptors (Lipinski definition) is 4. The lowest BCUT2D eigenvalue weighted by atomic mass is 9.87. The Balaban J connectivity index is 2.04. The van der Waals surface area contributed by atoms with Gasteiger partial charge < -0.3 is 20.3 Å². The quantitative estimate of drug-likeness (QED) is 0.390. The predicted octanol–water partition coefficient (Wildman–Crippen LogP) is 5.98. The summed E-state index contributed by atoms with van der Waals surface area (Å²) in [6.45, 7) is 11.2. The highest BCUT2D eigenvalue weighted by molar-refractivity contribution is 5.99. The number of benzene rings is 2. The molecule has 0 saturated heterocycles. The van der Waals surface area contributed by atoms with Gasteiger partial charge in [0, 0.05) is 17.3 Å². The van der Waals surface area contributed by atoms with Crippen molar-refractivity contribution >= 4 is 23.6 Å². The second-order valence-electron chi connectivity index (χ2n) is 11.6. The van der Waals surface area contributed by atoms with Crippen LogP contribution in [0.1, 0.15) is 83.0 Å². The number of nitrogens with one attached hydrogen (secondary N) is 2. The highest BCUT2D eigenvalue weighted by Gasteiger charge is 2.42. The lowest BCUT2D eigenvalue weighted by Crippen LogP contribution is -2.57. The molecule has 0 bridgehead atoms. The van der Waals surface area contributed by atoms with Crippen molar-refractivity contribution in [2.75, 3.05) is 5.32 Å². The van der Waals surface area contributed by atoms with E-state index in [-0.39, 0.29) is 23.8 Å². The van der Waals surface area contributed by atoms with Crippen LogP contribution in [0.5, 0.6) is 0 Å². The SMILES string of the molecule is C#Cc1ccc(C(C(=O)Nc2ccccc2C)N(C(=O)C(CC(C)C)NC(=O)OC(C)(C)C)C2CCC2)cc1. The van der Waals surface area contributed by atoms with E-state index in [1.807, 2.05) is 45.0 Å². The molecule has 0 radical (unpaired) electrons. The van der Waals surface area contributed by atoms with Crippen molar-refractivity contribution in [1.29, 1.82) is 0 Å². The Labute approximate surface area is 232 Å². The van der Waals surface area contributed by atoms with Crippen molar-refractivity contribution in [3.8, 4) is 12.3 Å². The van der Waals surface area contributed by atoms with E-state index in [4.69, 9.17) is 11.2 Å². The summed E-state index contributed by atoms with van der Waals surface area (Å²) in [7, 11) is 0. The molecular formula is C32H41N3O4. The molecule has 0 aliphatic heterocycles. The van der Waals surface area contributed by atoms with Gasteiger partial charge in [0.15, 0.2) is 0 Å². The fourth-order valence-electron chi connectivity index (χ4n) is 4.62. The van der Waals surface area contributed by atoms with Gasteiger partial charge in [-0.1, -0.05) is 50.1 Å². The molecule has 0 aromatic heterocycles. The zero-order valence-electron chi connectivity index (χ0n) is 23.9. The minimum absolute atomic E-state index is 0.117. The number of nitrogens with zero attached hydrogens (tertiary/aromatic N) is 1. The second-order valence-corrected chi connectivity index (χ2v) is 11.6. The standard InChI is InChI=1S/C32H41N3O4/c1-8-23-16-18-24(19-17-23)28(29(36)33-26-15-10-9-12-22(26)4)35(25-13-11-14-25)30(37)27(20-21(2)3)34-31(38)39-32(5,6)7/h1,9-10,12,15-19,21,25,27-28H,11,13-14,20H2,2-7H3,(H,33,36)(H,34,38). The van der Waals surface area contributed by atoms with Crippen molar-refractivity contribution in [1.82, 2.24) is 10.2 Å². The average Bonchev–Trinajstić information content (AvgIpc) is 2.82. The highest BCUT2D eigenvalue weighted by atomic mass is 16.6. The van der Waals surface area contributed by atoms with Crippen LogP contribution in [-0.4, -0.2) is 40.5 Å². The lowest BCUT2D eigenvalue weighted by molar-refractivity contribution is -0.146. The molecule has 3 rings (SSSR count). The third-order valence-electron chi connectivity index (χ3n) is 6.74. The molecule has 0 spiro atoms. The number of rotatable bonds is 9. The predicted molar refractivity (Wildman–Crippen MR) is 154 cm³/mol. The van der Waals surface area contributed by atoms with E-state index >= 15 is 0 Å². The van der Waals surface area contributed by atoms with Crippen LogP contribution in [-0.2, 0) is 14.3 Å². The Kier molecular flexibility index (Phi) is 9.80. The summed E-state index contributed by atoms with van der Waals surface area (Å²) in [5.74, 6) is 2.10. The van der Waals surface area contributed by atoms with E-state index < -0.39 is 23.8 Å². The van der Waals surface area contributed by atoms with Gasteiger partial charge in [0.05, 0.1) is 0 Å². The maximum atomic E-state index is 14.3. The summed E-state index contributed by atoms with van der Waals surface area (Å²) in [6.07, 6.45) is 7.85. The molecule has 7 heteroatoms. The number of aryl methyl sites for hydroxylation is 1. The maximum absolute atomic E-state index is 14.3. The molecule has 0 heterocycles. The van der Waals surface area contributed by atoms with Gasteiger partial charge in [0.25, 0.3) is 5.91 Å². The zero-order chi connectivity index (χ0) is 28.7. The number of amides is 3. The van der Waals surface area contributed by atoms with Crippen molar-refractivity contribution < 1.29 is 19.1 Å². The Morgan fingerprint density at radius 2 is 1.72 bits per heavy atom. The van der Waals surface area contributed by atoms with E-state index in [1.165, 1.54) is 0 Å². The van der Waals surface area contributed by atoms with Gasteiger partial charge in [-0.2, -0.15) is 0 Å². The molecule has 3 amide bonds. The van der Waals surface area contributed by atoms with Gasteiger partial charge in [-0.15, -0.1) is 6.42 Å². The number of hydrogen-bond donors (Lipinski definition) is 2. The van der Waals surface area contributed by atoms with Crippen LogP contribution in [0.25, 0.3) is 0 Å². The second kappa shape index (κ2) is 12.8. The van der Waals surface area contributed by atoms with Crippen LogP contribution in [0.3, 0.4) is 0 Å². The molecule has 7 nitrogen and oxygen atoms in total. The third kappa shape index (κ3) is 8.10. The van der Waals surface area contributed by atoms with Gasteiger partial charge in [0.2, 0.25) is 5.91 Å². The number of carbonyl (C=O) groups excluding carboxylic acids is 3. The minimum atomic E-state index is -0.913. The van der Waals surface area contributed by atoms with Crippen LogP contribution in [0.2, 0.25) is 0 Å². The Morgan fingerprint density at radius 1 is 1.08 bits per heavy atom. The first-order valence-corrected chi connectivity index (χ1v) is 13.6. The van der Waals surface area contributed by atoms with Crippen molar-refractivity contribution in [3.05, 3.63) is 65.2 Å². The summed E-state index contributed by atoms with van der Waals surface area (Å²) in [6, 6.07) is 12.8. The van der Waals surface area contributed by atoms with E-state index in [2.05, 4.69) is 16.6 Å². The molecule has 1 aliphatic carbocycles. The van der Waals surface area contributed by atoms with Crippen LogP contribution in [0, 0.1) is 25.2 Å². The zero-order valence-corrected chi connectivity index (χ0v) is 23.9. The first-order chi connectivity index (χ1) is 18.4. The summed E-state index contributed by atoms with van der Waals surface area (Å²) < 4.78 is 5.47. The van der Waals surface area contributed by atoms with Crippen molar-refractivity contribution in [2.45, 2.75) is 91.0 Å². The van der Waals surface area contributed by atoms with Gasteiger partial charge in [-0.3, -0.25) is 9.59 Å². The fourth-order valence-corrected chi connectivity index (χ4v) is 4.62. The molecule has 2 aromatic rings. The first-order valence-electron chi connectivity index (χ1n) is 13.6. The minimum Gasteiger partial charge on any atom is -0.444 e. The van der Waals surface area contributed by atoms with Gasteiger partial charge in [-0.25, -0.2) is 4.79 Å². The molecule has 2 aromatic carbocycles. The summed E-state index contributed by atoms with van der Waals surface area (Å²) in [5.41, 5.74) is 2.22. The maximum Gasteiger partial charge on any atom is 0.408 e. The molecule has 208 valence electrons. The van der Waals surface area contributed by atoms with Crippen LogP contribution < -0.4 is 10.6 Å². The first kappa shape index (κ1) is 29.8. The van der Waals surface area contributed by atoms with Gasteiger partial charge in [0.1, 0.15) is 17.7 Å². The summed E-state index contributed by atoms with van der Waals surface area (Å²) >= 11 is 0. The van der Waals surface area contributed by atoms with Crippen molar-refractivity contribution in [2.24, 2.45) is 5.92 Å². The number of alkyl carbamates (subject to hydrolysis) is 1. The monoisotopic (exact) mass is 531 g/mol. The molecule has 1 aliphatic rings. The number of terminal acetylenes is 1. The summed E-state index contributed by atoms with van der Waals surface area (Å²) in [4.78, 5) is 42.8. The largest absolute Gasteiger partial charge is 0.444 e. The average molecular weight is 532 g/mol. The van der Waals surface area contributed by atoms with Crippen LogP contribution in [0.4, 0.5) is 10.5 Å². The molecule has 1 fully saturated rings. The Bertz CT molecular complexity index is 1200. The smallest absolute Gasteiger partial charge is 0.408 e. The molecule has 2 unspecified atom stereocenters. The lowest BCUT2D eigenvalue weighted by Gasteiger charge is -2.43.